The van der Waals surface area contributed by atoms with Gasteiger partial charge in [-0.15, -0.1) is 0 Å². The van der Waals surface area contributed by atoms with Crippen LogP contribution in [-0.4, -0.2) is 39.2 Å². The second-order valence-electron chi connectivity index (χ2n) is 6.72. The molecule has 2 aromatic rings. The monoisotopic (exact) mass is 444 g/mol. The van der Waals surface area contributed by atoms with Gasteiger partial charge in [0.15, 0.2) is 0 Å². The molecule has 2 aromatic carbocycles. The summed E-state index contributed by atoms with van der Waals surface area (Å²) >= 11 is 6.41. The van der Waals surface area contributed by atoms with E-state index in [4.69, 9.17) is 12.2 Å². The standard InChI is InChI=1S/C22H21FN2O3S2/c23-18-5-2-1-4-16(18)14-19-21(28)25(22(29)30-19)13-3-6-20(27)24-12-11-15-7-9-17(26)10-8-15/h1-2,4-5,7-10,14,26H,3,6,11-13H2,(H,24,27)/b19-14-. The van der Waals surface area contributed by atoms with E-state index in [2.05, 4.69) is 5.32 Å². The molecular weight excluding hydrogens is 423 g/mol. The number of carbonyl (C=O) groups is 2. The maximum atomic E-state index is 13.8. The highest BCUT2D eigenvalue weighted by molar-refractivity contribution is 8.26. The van der Waals surface area contributed by atoms with Crippen molar-refractivity contribution in [2.45, 2.75) is 19.3 Å². The minimum absolute atomic E-state index is 0.0962. The normalized spacial score (nSPS) is 15.1. The molecule has 1 saturated heterocycles. The highest BCUT2D eigenvalue weighted by Crippen LogP contribution is 2.33. The molecule has 3 rings (SSSR count). The van der Waals surface area contributed by atoms with Crippen molar-refractivity contribution in [3.63, 3.8) is 0 Å². The Labute approximate surface area is 184 Å². The van der Waals surface area contributed by atoms with Gasteiger partial charge in [-0.1, -0.05) is 54.3 Å². The van der Waals surface area contributed by atoms with E-state index in [-0.39, 0.29) is 24.0 Å². The summed E-state index contributed by atoms with van der Waals surface area (Å²) in [7, 11) is 0. The van der Waals surface area contributed by atoms with E-state index in [1.54, 1.807) is 30.3 Å². The highest BCUT2D eigenvalue weighted by atomic mass is 32.2. The number of halogens is 1. The first kappa shape index (κ1) is 22.0. The van der Waals surface area contributed by atoms with E-state index < -0.39 is 5.82 Å². The van der Waals surface area contributed by atoms with Crippen LogP contribution >= 0.6 is 24.0 Å². The summed E-state index contributed by atoms with van der Waals surface area (Å²) in [6, 6.07) is 13.1. The molecule has 2 amide bonds. The molecule has 1 aliphatic rings. The average molecular weight is 445 g/mol. The summed E-state index contributed by atoms with van der Waals surface area (Å²) in [5.41, 5.74) is 1.36. The van der Waals surface area contributed by atoms with E-state index >= 15 is 0 Å². The van der Waals surface area contributed by atoms with Crippen molar-refractivity contribution in [1.29, 1.82) is 0 Å². The number of aromatic hydroxyl groups is 1. The Morgan fingerprint density at radius 2 is 1.93 bits per heavy atom. The lowest BCUT2D eigenvalue weighted by molar-refractivity contribution is -0.123. The van der Waals surface area contributed by atoms with Crippen LogP contribution in [0.4, 0.5) is 4.39 Å². The molecule has 8 heteroatoms. The van der Waals surface area contributed by atoms with Gasteiger partial charge in [-0.05, 0) is 42.7 Å². The third-order valence-electron chi connectivity index (χ3n) is 4.52. The van der Waals surface area contributed by atoms with Crippen molar-refractivity contribution < 1.29 is 19.1 Å². The van der Waals surface area contributed by atoms with Gasteiger partial charge < -0.3 is 10.4 Å². The molecule has 0 bridgehead atoms. The first-order valence-electron chi connectivity index (χ1n) is 9.48. The Morgan fingerprint density at radius 1 is 1.20 bits per heavy atom. The summed E-state index contributed by atoms with van der Waals surface area (Å²) in [4.78, 5) is 26.4. The fourth-order valence-corrected chi connectivity index (χ4v) is 4.22. The number of carbonyl (C=O) groups excluding carboxylic acids is 2. The first-order valence-corrected chi connectivity index (χ1v) is 10.7. The number of thiocarbonyl (C=S) groups is 1. The van der Waals surface area contributed by atoms with Crippen LogP contribution < -0.4 is 5.32 Å². The zero-order valence-electron chi connectivity index (χ0n) is 16.1. The Bertz CT molecular complexity index is 977. The zero-order valence-corrected chi connectivity index (χ0v) is 17.8. The summed E-state index contributed by atoms with van der Waals surface area (Å²) in [6.45, 7) is 0.834. The minimum Gasteiger partial charge on any atom is -0.508 e. The van der Waals surface area contributed by atoms with Crippen LogP contribution in [0.1, 0.15) is 24.0 Å². The quantitative estimate of drug-likeness (QED) is 0.478. The van der Waals surface area contributed by atoms with Gasteiger partial charge >= 0.3 is 0 Å². The molecule has 0 atom stereocenters. The molecule has 0 radical (unpaired) electrons. The molecule has 0 saturated carbocycles. The second kappa shape index (κ2) is 10.4. The number of hydrogen-bond donors (Lipinski definition) is 2. The second-order valence-corrected chi connectivity index (χ2v) is 8.40. The molecule has 0 aromatic heterocycles. The van der Waals surface area contributed by atoms with E-state index in [0.29, 0.717) is 40.7 Å². The number of rotatable bonds is 8. The Morgan fingerprint density at radius 3 is 2.67 bits per heavy atom. The summed E-state index contributed by atoms with van der Waals surface area (Å²) in [5, 5.41) is 12.1. The topological polar surface area (TPSA) is 69.6 Å². The number of amides is 2. The molecule has 1 heterocycles. The van der Waals surface area contributed by atoms with Gasteiger partial charge in [0, 0.05) is 25.1 Å². The predicted molar refractivity (Wildman–Crippen MR) is 120 cm³/mol. The molecule has 5 nitrogen and oxygen atoms in total. The number of nitrogens with zero attached hydrogens (tertiary/aromatic N) is 1. The lowest BCUT2D eigenvalue weighted by Gasteiger charge is -2.14. The third kappa shape index (κ3) is 5.90. The largest absolute Gasteiger partial charge is 0.508 e. The number of hydrogen-bond acceptors (Lipinski definition) is 5. The molecule has 156 valence electrons. The van der Waals surface area contributed by atoms with Gasteiger partial charge in [-0.3, -0.25) is 14.5 Å². The Kier molecular flexibility index (Phi) is 7.59. The summed E-state index contributed by atoms with van der Waals surface area (Å²) in [5.74, 6) is -0.545. The van der Waals surface area contributed by atoms with E-state index in [1.165, 1.54) is 17.0 Å². The van der Waals surface area contributed by atoms with Crippen molar-refractivity contribution >= 4 is 46.2 Å². The molecule has 0 aliphatic carbocycles. The lowest BCUT2D eigenvalue weighted by atomic mass is 10.1. The van der Waals surface area contributed by atoms with E-state index in [1.807, 2.05) is 12.1 Å². The predicted octanol–water partition coefficient (Wildman–Crippen LogP) is 3.87. The van der Waals surface area contributed by atoms with Crippen LogP contribution in [-0.2, 0) is 16.0 Å². The molecule has 1 aliphatic heterocycles. The number of phenols is 1. The van der Waals surface area contributed by atoms with Crippen LogP contribution in [0.5, 0.6) is 5.75 Å². The average Bonchev–Trinajstić information content (AvgIpc) is 2.98. The number of phenolic OH excluding ortho intramolecular Hbond substituents is 1. The molecule has 2 N–H and O–H groups in total. The SMILES string of the molecule is O=C(CCCN1C(=O)/C(=C/c2ccccc2F)SC1=S)NCCc1ccc(O)cc1. The Balaban J connectivity index is 1.43. The van der Waals surface area contributed by atoms with Crippen LogP contribution in [0.2, 0.25) is 0 Å². The van der Waals surface area contributed by atoms with Gasteiger partial charge in [0.1, 0.15) is 15.9 Å². The van der Waals surface area contributed by atoms with E-state index in [9.17, 15) is 19.1 Å². The Hall–Kier alpha value is -2.71. The van der Waals surface area contributed by atoms with Gasteiger partial charge in [0.25, 0.3) is 5.91 Å². The van der Waals surface area contributed by atoms with Crippen molar-refractivity contribution in [3.8, 4) is 5.75 Å². The number of nitrogens with one attached hydrogen (secondary N) is 1. The number of thioether (sulfide) groups is 1. The number of benzene rings is 2. The van der Waals surface area contributed by atoms with Gasteiger partial charge in [0.2, 0.25) is 5.91 Å². The van der Waals surface area contributed by atoms with Crippen LogP contribution in [0, 0.1) is 5.82 Å². The molecular formula is C22H21FN2O3S2. The fraction of sp³-hybridized carbons (Fsp3) is 0.227. The third-order valence-corrected chi connectivity index (χ3v) is 5.90. The first-order chi connectivity index (χ1) is 14.4. The van der Waals surface area contributed by atoms with Crippen molar-refractivity contribution in [1.82, 2.24) is 10.2 Å². The minimum atomic E-state index is -0.397. The maximum absolute atomic E-state index is 13.8. The van der Waals surface area contributed by atoms with Crippen LogP contribution in [0.25, 0.3) is 6.08 Å². The van der Waals surface area contributed by atoms with Gasteiger partial charge in [0.05, 0.1) is 4.91 Å². The zero-order chi connectivity index (χ0) is 21.5. The molecule has 30 heavy (non-hydrogen) atoms. The van der Waals surface area contributed by atoms with Crippen LogP contribution in [0.3, 0.4) is 0 Å². The van der Waals surface area contributed by atoms with Crippen molar-refractivity contribution in [2.75, 3.05) is 13.1 Å². The summed E-state index contributed by atoms with van der Waals surface area (Å²) < 4.78 is 14.2. The molecule has 0 spiro atoms. The fourth-order valence-electron chi connectivity index (χ4n) is 2.92. The van der Waals surface area contributed by atoms with Crippen LogP contribution in [0.15, 0.2) is 53.4 Å². The smallest absolute Gasteiger partial charge is 0.266 e. The lowest BCUT2D eigenvalue weighted by Crippen LogP contribution is -2.31. The van der Waals surface area contributed by atoms with Gasteiger partial charge in [-0.25, -0.2) is 4.39 Å². The summed E-state index contributed by atoms with van der Waals surface area (Å²) in [6.07, 6.45) is 2.93. The molecule has 1 fully saturated rings. The highest BCUT2D eigenvalue weighted by Gasteiger charge is 2.31. The van der Waals surface area contributed by atoms with Crippen molar-refractivity contribution in [3.05, 3.63) is 70.4 Å². The van der Waals surface area contributed by atoms with E-state index in [0.717, 1.165) is 17.3 Å². The van der Waals surface area contributed by atoms with Gasteiger partial charge in [-0.2, -0.15) is 0 Å². The maximum Gasteiger partial charge on any atom is 0.266 e. The van der Waals surface area contributed by atoms with Crippen molar-refractivity contribution in [2.24, 2.45) is 0 Å². The molecule has 0 unspecified atom stereocenters.